The van der Waals surface area contributed by atoms with E-state index < -0.39 is 52.2 Å². The van der Waals surface area contributed by atoms with Crippen molar-refractivity contribution in [3.05, 3.63) is 0 Å². The second kappa shape index (κ2) is 9.64. The minimum absolute atomic E-state index is 0.0240. The Labute approximate surface area is 210 Å². The molecule has 0 aliphatic heterocycles. The highest BCUT2D eigenvalue weighted by atomic mass is 32.2. The summed E-state index contributed by atoms with van der Waals surface area (Å²) in [5.41, 5.74) is -0.707. The molecule has 0 spiro atoms. The standard InChI is InChI=1S/C26H45NO6S/c1-16(4-7-23(30)27-12-13-34(31,32)33)19-5-6-20-24-21(9-11-26(19,20)3)25(2)10-8-18(28)14-17(25)15-22(24)29/h16-22,24,28-29H,4-15H2,1-3H3,(H,27,30)(H,31,32,33)/p-1/t16-,17+,18-,19-,20+,21+,22-,24+,25+,26-/m1/s1/i8D2,14D2. The molecule has 196 valence electrons. The highest BCUT2D eigenvalue weighted by Crippen LogP contribution is 2.68. The van der Waals surface area contributed by atoms with E-state index in [2.05, 4.69) is 19.2 Å². The van der Waals surface area contributed by atoms with Gasteiger partial charge in [0.1, 0.15) is 0 Å². The second-order valence-corrected chi connectivity index (χ2v) is 13.5. The largest absolute Gasteiger partial charge is 0.748 e. The van der Waals surface area contributed by atoms with E-state index in [4.69, 9.17) is 5.48 Å². The number of carbonyl (C=O) groups excluding carboxylic acids is 1. The summed E-state index contributed by atoms with van der Waals surface area (Å²) in [6.45, 7) is 6.22. The fraction of sp³-hybridized carbons (Fsp3) is 0.962. The number of carbonyl (C=O) groups is 1. The third kappa shape index (κ3) is 4.94. The van der Waals surface area contributed by atoms with Crippen LogP contribution in [0.4, 0.5) is 0 Å². The lowest BCUT2D eigenvalue weighted by Gasteiger charge is -2.62. The number of hydrogen-bond donors (Lipinski definition) is 3. The Morgan fingerprint density at radius 3 is 2.59 bits per heavy atom. The maximum absolute atomic E-state index is 12.2. The molecule has 4 aliphatic carbocycles. The Morgan fingerprint density at radius 2 is 1.88 bits per heavy atom. The van der Waals surface area contributed by atoms with Crippen LogP contribution in [-0.4, -0.2) is 53.6 Å². The molecule has 34 heavy (non-hydrogen) atoms. The van der Waals surface area contributed by atoms with Crippen LogP contribution in [0.1, 0.15) is 90.4 Å². The number of hydrogen-bond acceptors (Lipinski definition) is 6. The first-order valence-corrected chi connectivity index (χ1v) is 14.5. The summed E-state index contributed by atoms with van der Waals surface area (Å²) in [4.78, 5) is 12.2. The summed E-state index contributed by atoms with van der Waals surface area (Å²) in [6.07, 6.45) is -1.81. The lowest BCUT2D eigenvalue weighted by atomic mass is 9.43. The molecule has 0 aromatic rings. The molecular formula is C26H44NO6S-. The van der Waals surface area contributed by atoms with Crippen LogP contribution in [0.5, 0.6) is 0 Å². The molecule has 4 fully saturated rings. The van der Waals surface area contributed by atoms with E-state index >= 15 is 0 Å². The van der Waals surface area contributed by atoms with Gasteiger partial charge in [-0.1, -0.05) is 20.8 Å². The SMILES string of the molecule is [2H]C1([2H])C[C@@]2(C)[C@H](C[C@@H](O)[C@@H]3[C@@H]2CC[C@]2(C)[C@@H]([C@H](C)CCC(=O)NCCS(=O)(=O)[O-])CC[C@@H]32)C([2H])([2H])[C@@H]1O. The van der Waals surface area contributed by atoms with E-state index in [9.17, 15) is 28.0 Å². The summed E-state index contributed by atoms with van der Waals surface area (Å²) in [6, 6.07) is 0. The fourth-order valence-electron chi connectivity index (χ4n) is 8.44. The van der Waals surface area contributed by atoms with Gasteiger partial charge in [-0.05, 0) is 104 Å². The Hall–Kier alpha value is -0.700. The summed E-state index contributed by atoms with van der Waals surface area (Å²) in [7, 11) is -4.37. The third-order valence-electron chi connectivity index (χ3n) is 10.2. The average molecular weight is 503 g/mol. The molecule has 0 aromatic heterocycles. The van der Waals surface area contributed by atoms with Crippen LogP contribution >= 0.6 is 0 Å². The van der Waals surface area contributed by atoms with Crippen molar-refractivity contribution in [1.29, 1.82) is 0 Å². The lowest BCUT2D eigenvalue weighted by Crippen LogP contribution is -2.58. The maximum Gasteiger partial charge on any atom is 0.220 e. The zero-order chi connectivity index (χ0) is 28.5. The van der Waals surface area contributed by atoms with Crippen LogP contribution in [0.2, 0.25) is 0 Å². The van der Waals surface area contributed by atoms with Crippen molar-refractivity contribution >= 4 is 16.0 Å². The van der Waals surface area contributed by atoms with E-state index in [-0.39, 0.29) is 60.8 Å². The van der Waals surface area contributed by atoms with Crippen molar-refractivity contribution in [2.75, 3.05) is 12.3 Å². The molecule has 0 saturated heterocycles. The van der Waals surface area contributed by atoms with Crippen molar-refractivity contribution in [1.82, 2.24) is 5.32 Å². The first-order valence-electron chi connectivity index (χ1n) is 14.9. The Morgan fingerprint density at radius 1 is 1.18 bits per heavy atom. The van der Waals surface area contributed by atoms with E-state index in [0.717, 1.165) is 25.7 Å². The van der Waals surface area contributed by atoms with Gasteiger partial charge >= 0.3 is 0 Å². The van der Waals surface area contributed by atoms with Crippen LogP contribution in [0.3, 0.4) is 0 Å². The molecule has 4 saturated carbocycles. The molecule has 8 heteroatoms. The number of aliphatic hydroxyl groups excluding tert-OH is 2. The van der Waals surface area contributed by atoms with Crippen molar-refractivity contribution in [3.8, 4) is 0 Å². The molecule has 0 bridgehead atoms. The van der Waals surface area contributed by atoms with Gasteiger partial charge < -0.3 is 20.1 Å². The molecule has 0 radical (unpaired) electrons. The minimum atomic E-state index is -4.37. The van der Waals surface area contributed by atoms with Gasteiger partial charge in [0.15, 0.2) is 0 Å². The van der Waals surface area contributed by atoms with Crippen molar-refractivity contribution in [2.45, 2.75) is 97.1 Å². The minimum Gasteiger partial charge on any atom is -0.748 e. The van der Waals surface area contributed by atoms with E-state index in [1.54, 1.807) is 0 Å². The molecule has 10 atom stereocenters. The smallest absolute Gasteiger partial charge is 0.220 e. The molecule has 1 amide bonds. The first kappa shape index (κ1) is 21.4. The fourth-order valence-corrected chi connectivity index (χ4v) is 8.80. The predicted molar refractivity (Wildman–Crippen MR) is 129 cm³/mol. The van der Waals surface area contributed by atoms with Crippen LogP contribution < -0.4 is 5.32 Å². The van der Waals surface area contributed by atoms with Crippen molar-refractivity contribution in [3.63, 3.8) is 0 Å². The normalized spacial score (nSPS) is 49.8. The molecule has 3 N–H and O–H groups in total. The zero-order valence-electron chi connectivity index (χ0n) is 24.6. The molecule has 0 heterocycles. The van der Waals surface area contributed by atoms with E-state index in [1.165, 1.54) is 0 Å². The average Bonchev–Trinajstić information content (AvgIpc) is 3.14. The highest BCUT2D eigenvalue weighted by molar-refractivity contribution is 7.85. The van der Waals surface area contributed by atoms with E-state index in [1.807, 2.05) is 6.92 Å². The molecular weight excluding hydrogens is 454 g/mol. The van der Waals surface area contributed by atoms with Gasteiger partial charge in [-0.25, -0.2) is 8.42 Å². The van der Waals surface area contributed by atoms with Gasteiger partial charge in [0, 0.05) is 18.4 Å². The molecule has 4 rings (SSSR count). The molecule has 4 aliphatic rings. The lowest BCUT2D eigenvalue weighted by molar-refractivity contribution is -0.174. The van der Waals surface area contributed by atoms with Crippen molar-refractivity contribution in [2.24, 2.45) is 46.3 Å². The predicted octanol–water partition coefficient (Wildman–Crippen LogP) is 3.05. The van der Waals surface area contributed by atoms with Gasteiger partial charge in [-0.2, -0.15) is 0 Å². The molecule has 7 nitrogen and oxygen atoms in total. The Balaban J connectivity index is 1.47. The maximum atomic E-state index is 12.2. The summed E-state index contributed by atoms with van der Waals surface area (Å²) < 4.78 is 66.5. The van der Waals surface area contributed by atoms with Crippen LogP contribution in [-0.2, 0) is 14.9 Å². The number of rotatable bonds is 7. The second-order valence-electron chi connectivity index (χ2n) is 12.0. The topological polar surface area (TPSA) is 127 Å². The highest BCUT2D eigenvalue weighted by Gasteiger charge is 2.62. The first-order chi connectivity index (χ1) is 17.3. The number of amides is 1. The number of fused-ring (bicyclic) bond motifs is 5. The quantitative estimate of drug-likeness (QED) is 0.459. The van der Waals surface area contributed by atoms with E-state index in [0.29, 0.717) is 12.3 Å². The Kier molecular flexibility index (Phi) is 6.06. The molecule has 0 aromatic carbocycles. The number of nitrogens with one attached hydrogen (secondary N) is 1. The van der Waals surface area contributed by atoms with Crippen molar-refractivity contribution < 1.29 is 33.5 Å². The third-order valence-corrected chi connectivity index (χ3v) is 10.9. The van der Waals surface area contributed by atoms with Crippen LogP contribution in [0.15, 0.2) is 0 Å². The van der Waals surface area contributed by atoms with Gasteiger partial charge in [0.25, 0.3) is 0 Å². The van der Waals surface area contributed by atoms with Gasteiger partial charge in [-0.3, -0.25) is 4.79 Å². The monoisotopic (exact) mass is 502 g/mol. The summed E-state index contributed by atoms with van der Waals surface area (Å²) >= 11 is 0. The van der Waals surface area contributed by atoms with Crippen LogP contribution in [0.25, 0.3) is 0 Å². The molecule has 0 unspecified atom stereocenters. The Bertz CT molecular complexity index is 1030. The van der Waals surface area contributed by atoms with Gasteiger partial charge in [0.05, 0.1) is 28.1 Å². The summed E-state index contributed by atoms with van der Waals surface area (Å²) in [5, 5.41) is 24.5. The number of aliphatic hydroxyl groups is 2. The summed E-state index contributed by atoms with van der Waals surface area (Å²) in [5.74, 6) is -0.783. The van der Waals surface area contributed by atoms with Gasteiger partial charge in [0.2, 0.25) is 5.91 Å². The zero-order valence-corrected chi connectivity index (χ0v) is 21.4. The van der Waals surface area contributed by atoms with Gasteiger partial charge in [-0.15, -0.1) is 0 Å². The van der Waals surface area contributed by atoms with Crippen LogP contribution in [0, 0.1) is 46.3 Å².